The number of thiophene rings is 1. The molecule has 1 heterocycles. The molecule has 0 saturated heterocycles. The Morgan fingerprint density at radius 3 is 2.75 bits per heavy atom. The lowest BCUT2D eigenvalue weighted by Gasteiger charge is -2.09. The summed E-state index contributed by atoms with van der Waals surface area (Å²) in [5.41, 5.74) is 0.683. The van der Waals surface area contributed by atoms with Gasteiger partial charge in [-0.2, -0.15) is 0 Å². The zero-order valence-electron chi connectivity index (χ0n) is 16.1. The molecule has 3 rings (SSSR count). The van der Waals surface area contributed by atoms with Crippen molar-refractivity contribution in [1.29, 1.82) is 0 Å². The van der Waals surface area contributed by atoms with Crippen LogP contribution < -0.4 is 14.8 Å². The predicted octanol–water partition coefficient (Wildman–Crippen LogP) is 6.77. The molecular formula is C22H24ClNO3S. The van der Waals surface area contributed by atoms with E-state index in [4.69, 9.17) is 21.1 Å². The highest BCUT2D eigenvalue weighted by atomic mass is 35.5. The topological polar surface area (TPSA) is 47.6 Å². The third-order valence-electron chi connectivity index (χ3n) is 4.40. The average molecular weight is 418 g/mol. The van der Waals surface area contributed by atoms with E-state index in [1.165, 1.54) is 30.6 Å². The van der Waals surface area contributed by atoms with Gasteiger partial charge in [0.1, 0.15) is 16.4 Å². The molecule has 1 N–H and O–H groups in total. The number of hydrogen-bond donors (Lipinski definition) is 1. The molecular weight excluding hydrogens is 394 g/mol. The molecule has 2 aromatic carbocycles. The SMILES string of the molecule is CCCCCCOc1cccc(NC(=O)c2sc3cc(OC)ccc3c2Cl)c1. The molecule has 0 aliphatic rings. The standard InChI is InChI=1S/C22H24ClNO3S/c1-3-4-5-6-12-27-17-9-7-8-15(13-17)24-22(25)21-20(23)18-11-10-16(26-2)14-19(18)28-21/h7-11,13-14H,3-6,12H2,1-2H3,(H,24,25). The Morgan fingerprint density at radius 2 is 1.96 bits per heavy atom. The summed E-state index contributed by atoms with van der Waals surface area (Å²) < 4.78 is 11.9. The first-order chi connectivity index (χ1) is 13.6. The van der Waals surface area contributed by atoms with Gasteiger partial charge in [-0.05, 0) is 36.8 Å². The lowest BCUT2D eigenvalue weighted by molar-refractivity contribution is 0.103. The Kier molecular flexibility index (Phi) is 7.18. The van der Waals surface area contributed by atoms with Gasteiger partial charge in [0.05, 0.1) is 18.7 Å². The number of benzene rings is 2. The van der Waals surface area contributed by atoms with Crippen molar-refractivity contribution in [2.24, 2.45) is 0 Å². The average Bonchev–Trinajstić information content (AvgIpc) is 3.04. The summed E-state index contributed by atoms with van der Waals surface area (Å²) in [6, 6.07) is 13.0. The van der Waals surface area contributed by atoms with Gasteiger partial charge in [0.2, 0.25) is 0 Å². The molecule has 4 nitrogen and oxygen atoms in total. The molecule has 0 atom stereocenters. The molecule has 3 aromatic rings. The monoisotopic (exact) mass is 417 g/mol. The normalized spacial score (nSPS) is 10.8. The zero-order valence-corrected chi connectivity index (χ0v) is 17.7. The van der Waals surface area contributed by atoms with Gasteiger partial charge < -0.3 is 14.8 Å². The molecule has 0 aliphatic carbocycles. The van der Waals surface area contributed by atoms with Crippen LogP contribution in [0.2, 0.25) is 5.02 Å². The van der Waals surface area contributed by atoms with Crippen LogP contribution in [0.1, 0.15) is 42.3 Å². The molecule has 148 valence electrons. The molecule has 0 fully saturated rings. The largest absolute Gasteiger partial charge is 0.497 e. The van der Waals surface area contributed by atoms with E-state index in [1.54, 1.807) is 7.11 Å². The van der Waals surface area contributed by atoms with Crippen molar-refractivity contribution in [2.75, 3.05) is 19.0 Å². The first-order valence-electron chi connectivity index (χ1n) is 9.42. The number of fused-ring (bicyclic) bond motifs is 1. The fraction of sp³-hybridized carbons (Fsp3) is 0.318. The first-order valence-corrected chi connectivity index (χ1v) is 10.6. The van der Waals surface area contributed by atoms with Gasteiger partial charge in [0.15, 0.2) is 0 Å². The Balaban J connectivity index is 1.68. The summed E-state index contributed by atoms with van der Waals surface area (Å²) in [5.74, 6) is 1.26. The lowest BCUT2D eigenvalue weighted by atomic mass is 10.2. The summed E-state index contributed by atoms with van der Waals surface area (Å²) in [4.78, 5) is 13.2. The van der Waals surface area contributed by atoms with Gasteiger partial charge in [-0.3, -0.25) is 4.79 Å². The van der Waals surface area contributed by atoms with Crippen molar-refractivity contribution < 1.29 is 14.3 Å². The molecule has 0 spiro atoms. The Labute approximate surface area is 174 Å². The lowest BCUT2D eigenvalue weighted by Crippen LogP contribution is -2.10. The van der Waals surface area contributed by atoms with Crippen LogP contribution in [0, 0.1) is 0 Å². The maximum absolute atomic E-state index is 12.7. The number of halogens is 1. The van der Waals surface area contributed by atoms with Crippen LogP contribution in [-0.4, -0.2) is 19.6 Å². The summed E-state index contributed by atoms with van der Waals surface area (Å²) in [6.45, 7) is 2.87. The third-order valence-corrected chi connectivity index (χ3v) is 6.06. The molecule has 1 amide bonds. The second kappa shape index (κ2) is 9.80. The van der Waals surface area contributed by atoms with Gasteiger partial charge in [-0.25, -0.2) is 0 Å². The Hall–Kier alpha value is -2.24. The number of methoxy groups -OCH3 is 1. The van der Waals surface area contributed by atoms with Crippen LogP contribution in [0.5, 0.6) is 11.5 Å². The number of carbonyl (C=O) groups is 1. The van der Waals surface area contributed by atoms with Crippen LogP contribution in [0.25, 0.3) is 10.1 Å². The number of anilines is 1. The maximum atomic E-state index is 12.7. The molecule has 0 radical (unpaired) electrons. The van der Waals surface area contributed by atoms with E-state index in [-0.39, 0.29) is 5.91 Å². The van der Waals surface area contributed by atoms with Crippen LogP contribution in [0.3, 0.4) is 0 Å². The van der Waals surface area contributed by atoms with Crippen LogP contribution in [0.15, 0.2) is 42.5 Å². The molecule has 0 aliphatic heterocycles. The van der Waals surface area contributed by atoms with Gasteiger partial charge in [-0.1, -0.05) is 43.9 Å². The molecule has 28 heavy (non-hydrogen) atoms. The summed E-state index contributed by atoms with van der Waals surface area (Å²) >= 11 is 7.79. The molecule has 0 bridgehead atoms. The van der Waals surface area contributed by atoms with Gasteiger partial charge in [0, 0.05) is 21.8 Å². The smallest absolute Gasteiger partial charge is 0.267 e. The quantitative estimate of drug-likeness (QED) is 0.390. The van der Waals surface area contributed by atoms with Gasteiger partial charge >= 0.3 is 0 Å². The van der Waals surface area contributed by atoms with Crippen molar-refractivity contribution in [3.8, 4) is 11.5 Å². The number of unbranched alkanes of at least 4 members (excludes halogenated alkanes) is 3. The second-order valence-electron chi connectivity index (χ2n) is 6.50. The van der Waals surface area contributed by atoms with E-state index < -0.39 is 0 Å². The highest BCUT2D eigenvalue weighted by Gasteiger charge is 2.18. The van der Waals surface area contributed by atoms with Gasteiger partial charge in [-0.15, -0.1) is 11.3 Å². The van der Waals surface area contributed by atoms with Crippen molar-refractivity contribution in [2.45, 2.75) is 32.6 Å². The van der Waals surface area contributed by atoms with Crippen LogP contribution in [0.4, 0.5) is 5.69 Å². The van der Waals surface area contributed by atoms with E-state index in [0.29, 0.717) is 22.2 Å². The number of ether oxygens (including phenoxy) is 2. The fourth-order valence-electron chi connectivity index (χ4n) is 2.89. The molecule has 1 aromatic heterocycles. The minimum atomic E-state index is -0.231. The van der Waals surface area contributed by atoms with E-state index >= 15 is 0 Å². The summed E-state index contributed by atoms with van der Waals surface area (Å²) in [6.07, 6.45) is 4.63. The molecule has 0 saturated carbocycles. The number of carbonyl (C=O) groups excluding carboxylic acids is 1. The van der Waals surface area contributed by atoms with Crippen LogP contribution in [-0.2, 0) is 0 Å². The van der Waals surface area contributed by atoms with Gasteiger partial charge in [0.25, 0.3) is 5.91 Å². The summed E-state index contributed by atoms with van der Waals surface area (Å²) in [5, 5.41) is 4.23. The Morgan fingerprint density at radius 1 is 1.11 bits per heavy atom. The van der Waals surface area contributed by atoms with E-state index in [1.807, 2.05) is 42.5 Å². The number of rotatable bonds is 9. The highest BCUT2D eigenvalue weighted by Crippen LogP contribution is 2.37. The van der Waals surface area contributed by atoms with E-state index in [9.17, 15) is 4.79 Å². The zero-order chi connectivity index (χ0) is 19.9. The van der Waals surface area contributed by atoms with Crippen molar-refractivity contribution in [3.63, 3.8) is 0 Å². The predicted molar refractivity (Wildman–Crippen MR) is 117 cm³/mol. The first kappa shape index (κ1) is 20.5. The molecule has 6 heteroatoms. The minimum Gasteiger partial charge on any atom is -0.497 e. The van der Waals surface area contributed by atoms with E-state index in [2.05, 4.69) is 12.2 Å². The van der Waals surface area contributed by atoms with E-state index in [0.717, 1.165) is 28.0 Å². The Bertz CT molecular complexity index is 954. The van der Waals surface area contributed by atoms with Crippen molar-refractivity contribution in [1.82, 2.24) is 0 Å². The highest BCUT2D eigenvalue weighted by molar-refractivity contribution is 7.21. The number of amides is 1. The maximum Gasteiger partial charge on any atom is 0.267 e. The molecule has 0 unspecified atom stereocenters. The third kappa shape index (κ3) is 4.97. The fourth-order valence-corrected chi connectivity index (χ4v) is 4.33. The number of hydrogen-bond acceptors (Lipinski definition) is 4. The summed E-state index contributed by atoms with van der Waals surface area (Å²) in [7, 11) is 1.61. The van der Waals surface area contributed by atoms with Crippen molar-refractivity contribution >= 4 is 44.6 Å². The minimum absolute atomic E-state index is 0.231. The van der Waals surface area contributed by atoms with Crippen LogP contribution >= 0.6 is 22.9 Å². The van der Waals surface area contributed by atoms with Crippen molar-refractivity contribution in [3.05, 3.63) is 52.4 Å². The number of nitrogens with one attached hydrogen (secondary N) is 1. The second-order valence-corrected chi connectivity index (χ2v) is 7.93.